The molecule has 3 aromatic rings. The Morgan fingerprint density at radius 3 is 2.10 bits per heavy atom. The molecule has 2 bridgehead atoms. The number of anilines is 5. The van der Waals surface area contributed by atoms with Crippen LogP contribution in [0.1, 0.15) is 26.7 Å². The van der Waals surface area contributed by atoms with E-state index in [1.807, 2.05) is 36.4 Å². The van der Waals surface area contributed by atoms with Gasteiger partial charge in [0, 0.05) is 60.9 Å². The summed E-state index contributed by atoms with van der Waals surface area (Å²) in [5, 5.41) is 9.31. The predicted octanol–water partition coefficient (Wildman–Crippen LogP) is 4.73. The highest BCUT2D eigenvalue weighted by molar-refractivity contribution is 6.00. The van der Waals surface area contributed by atoms with Crippen LogP contribution in [0.3, 0.4) is 0 Å². The lowest BCUT2D eigenvalue weighted by atomic mass is 10.2. The highest BCUT2D eigenvalue weighted by atomic mass is 16.5. The number of aromatic nitrogens is 2. The van der Waals surface area contributed by atoms with Crippen molar-refractivity contribution in [1.29, 1.82) is 0 Å². The Balaban J connectivity index is 1.12. The number of carbonyl (C=O) groups excluding carboxylic acids is 1. The van der Waals surface area contributed by atoms with Crippen LogP contribution in [0.25, 0.3) is 11.4 Å². The van der Waals surface area contributed by atoms with Gasteiger partial charge in [-0.3, -0.25) is 0 Å². The zero-order chi connectivity index (χ0) is 28.3. The van der Waals surface area contributed by atoms with Gasteiger partial charge in [0.25, 0.3) is 0 Å². The summed E-state index contributed by atoms with van der Waals surface area (Å²) >= 11 is 0. The second-order valence-electron chi connectivity index (χ2n) is 11.6. The van der Waals surface area contributed by atoms with Gasteiger partial charge in [-0.25, -0.2) is 14.8 Å². The molecule has 0 spiro atoms. The summed E-state index contributed by atoms with van der Waals surface area (Å²) in [6.45, 7) is 9.84. The van der Waals surface area contributed by atoms with Crippen LogP contribution in [-0.4, -0.2) is 85.5 Å². The zero-order valence-corrected chi connectivity index (χ0v) is 24.1. The fourth-order valence-corrected chi connectivity index (χ4v) is 5.88. The van der Waals surface area contributed by atoms with Gasteiger partial charge in [0.2, 0.25) is 0 Å². The summed E-state index contributed by atoms with van der Waals surface area (Å²) in [4.78, 5) is 29.6. The third kappa shape index (κ3) is 6.39. The Bertz CT molecular complexity index is 1320. The third-order valence-corrected chi connectivity index (χ3v) is 8.05. The summed E-state index contributed by atoms with van der Waals surface area (Å²) in [6, 6.07) is 18.4. The fourth-order valence-electron chi connectivity index (χ4n) is 5.88. The first-order valence-corrected chi connectivity index (χ1v) is 14.6. The molecule has 1 aromatic heterocycles. The third-order valence-electron chi connectivity index (χ3n) is 8.05. The van der Waals surface area contributed by atoms with Crippen molar-refractivity contribution in [3.8, 4) is 11.4 Å². The molecule has 41 heavy (non-hydrogen) atoms. The van der Waals surface area contributed by atoms with Crippen molar-refractivity contribution in [2.75, 3.05) is 72.2 Å². The SMILES string of the molecule is CC(C)Nc1cc(N2C3CCC2COC3)nc(-c2ccc(NC(=O)Nc3ccc(N4CCN(C)CC4)cc3)cc2)n1. The molecule has 6 rings (SSSR count). The molecule has 3 aliphatic rings. The first-order valence-electron chi connectivity index (χ1n) is 14.6. The molecular weight excluding hydrogens is 516 g/mol. The molecule has 10 heteroatoms. The molecule has 0 radical (unpaired) electrons. The largest absolute Gasteiger partial charge is 0.377 e. The van der Waals surface area contributed by atoms with Crippen LogP contribution in [-0.2, 0) is 4.74 Å². The molecule has 3 saturated heterocycles. The molecule has 3 N–H and O–H groups in total. The van der Waals surface area contributed by atoms with Crippen LogP contribution >= 0.6 is 0 Å². The van der Waals surface area contributed by atoms with Crippen molar-refractivity contribution in [3.05, 3.63) is 54.6 Å². The van der Waals surface area contributed by atoms with Crippen molar-refractivity contribution in [3.63, 3.8) is 0 Å². The number of carbonyl (C=O) groups is 1. The van der Waals surface area contributed by atoms with Crippen LogP contribution < -0.4 is 25.8 Å². The maximum Gasteiger partial charge on any atom is 0.323 e. The first-order chi connectivity index (χ1) is 19.9. The standard InChI is InChI=1S/C31H40N8O2/c1-21(2)32-28-18-29(39-26-12-13-27(39)20-41-19-26)36-30(35-28)22-4-6-23(7-5-22)33-31(40)34-24-8-10-25(11-9-24)38-16-14-37(3)15-17-38/h4-11,18,21,26-27H,12-17,19-20H2,1-3H3,(H,32,35,36)(H2,33,34,40). The minimum absolute atomic E-state index is 0.250. The molecule has 10 nitrogen and oxygen atoms in total. The number of likely N-dealkylation sites (N-methyl/N-ethyl adjacent to an activating group) is 1. The second kappa shape index (κ2) is 11.9. The number of rotatable bonds is 7. The van der Waals surface area contributed by atoms with E-state index in [1.54, 1.807) is 0 Å². The highest BCUT2D eigenvalue weighted by Crippen LogP contribution is 2.35. The quantitative estimate of drug-likeness (QED) is 0.385. The number of ether oxygens (including phenoxy) is 1. The Morgan fingerprint density at radius 2 is 1.49 bits per heavy atom. The van der Waals surface area contributed by atoms with Gasteiger partial charge < -0.3 is 35.4 Å². The van der Waals surface area contributed by atoms with Crippen LogP contribution in [0.5, 0.6) is 0 Å². The lowest BCUT2D eigenvalue weighted by Gasteiger charge is -2.36. The number of benzene rings is 2. The monoisotopic (exact) mass is 556 g/mol. The second-order valence-corrected chi connectivity index (χ2v) is 11.6. The average molecular weight is 557 g/mol. The minimum atomic E-state index is -0.283. The molecule has 3 aliphatic heterocycles. The number of fused-ring (bicyclic) bond motifs is 2. The molecule has 2 aromatic carbocycles. The number of urea groups is 1. The normalized spacial score (nSPS) is 20.8. The minimum Gasteiger partial charge on any atom is -0.377 e. The van der Waals surface area contributed by atoms with Gasteiger partial charge in [-0.05, 0) is 82.3 Å². The molecule has 0 aliphatic carbocycles. The molecule has 0 saturated carbocycles. The number of morpholine rings is 1. The van der Waals surface area contributed by atoms with Gasteiger partial charge in [-0.15, -0.1) is 0 Å². The number of nitrogens with one attached hydrogen (secondary N) is 3. The van der Waals surface area contributed by atoms with Crippen LogP contribution in [0, 0.1) is 0 Å². The Hall–Kier alpha value is -3.89. The van der Waals surface area contributed by atoms with E-state index < -0.39 is 0 Å². The van der Waals surface area contributed by atoms with E-state index in [-0.39, 0.29) is 12.1 Å². The summed E-state index contributed by atoms with van der Waals surface area (Å²) in [6.07, 6.45) is 2.25. The van der Waals surface area contributed by atoms with Crippen molar-refractivity contribution >= 4 is 34.7 Å². The molecule has 2 amide bonds. The van der Waals surface area contributed by atoms with Crippen molar-refractivity contribution in [2.45, 2.75) is 44.8 Å². The van der Waals surface area contributed by atoms with Gasteiger partial charge in [-0.1, -0.05) is 0 Å². The molecule has 2 atom stereocenters. The number of hydrogen-bond donors (Lipinski definition) is 3. The highest BCUT2D eigenvalue weighted by Gasteiger charge is 2.38. The molecule has 2 unspecified atom stereocenters. The van der Waals surface area contributed by atoms with Crippen molar-refractivity contribution in [2.24, 2.45) is 0 Å². The first kappa shape index (κ1) is 27.3. The number of piperazine rings is 1. The van der Waals surface area contributed by atoms with Gasteiger partial charge in [-0.2, -0.15) is 0 Å². The van der Waals surface area contributed by atoms with Crippen molar-refractivity contribution in [1.82, 2.24) is 14.9 Å². The molecule has 216 valence electrons. The molecule has 3 fully saturated rings. The Morgan fingerprint density at radius 1 is 0.878 bits per heavy atom. The molecule has 4 heterocycles. The predicted molar refractivity (Wildman–Crippen MR) is 165 cm³/mol. The lowest BCUT2D eigenvalue weighted by Crippen LogP contribution is -2.46. The smallest absolute Gasteiger partial charge is 0.323 e. The maximum absolute atomic E-state index is 12.7. The van der Waals surface area contributed by atoms with E-state index in [0.29, 0.717) is 23.6 Å². The van der Waals surface area contributed by atoms with Crippen LogP contribution in [0.2, 0.25) is 0 Å². The summed E-state index contributed by atoms with van der Waals surface area (Å²) in [5.41, 5.74) is 3.52. The van der Waals surface area contributed by atoms with Gasteiger partial charge >= 0.3 is 6.03 Å². The van der Waals surface area contributed by atoms with Crippen LogP contribution in [0.15, 0.2) is 54.6 Å². The Kier molecular flexibility index (Phi) is 7.93. The van der Waals surface area contributed by atoms with Gasteiger partial charge in [0.15, 0.2) is 5.82 Å². The van der Waals surface area contributed by atoms with E-state index in [4.69, 9.17) is 14.7 Å². The number of amides is 2. The lowest BCUT2D eigenvalue weighted by molar-refractivity contribution is 0.0902. The summed E-state index contributed by atoms with van der Waals surface area (Å²) in [7, 11) is 2.15. The average Bonchev–Trinajstić information content (AvgIpc) is 3.21. The zero-order valence-electron chi connectivity index (χ0n) is 24.1. The topological polar surface area (TPSA) is 97.9 Å². The van der Waals surface area contributed by atoms with E-state index in [2.05, 4.69) is 69.7 Å². The van der Waals surface area contributed by atoms with Gasteiger partial charge in [0.1, 0.15) is 11.6 Å². The van der Waals surface area contributed by atoms with Gasteiger partial charge in [0.05, 0.1) is 25.3 Å². The summed E-state index contributed by atoms with van der Waals surface area (Å²) < 4.78 is 5.79. The number of hydrogen-bond acceptors (Lipinski definition) is 8. The van der Waals surface area contributed by atoms with E-state index in [9.17, 15) is 4.79 Å². The van der Waals surface area contributed by atoms with Crippen molar-refractivity contribution < 1.29 is 9.53 Å². The Labute approximate surface area is 242 Å². The summed E-state index contributed by atoms with van der Waals surface area (Å²) in [5.74, 6) is 2.41. The fraction of sp³-hybridized carbons (Fsp3) is 0.452. The molecular formula is C31H40N8O2. The van der Waals surface area contributed by atoms with E-state index >= 15 is 0 Å². The van der Waals surface area contributed by atoms with Crippen LogP contribution in [0.4, 0.5) is 33.5 Å². The van der Waals surface area contributed by atoms with E-state index in [0.717, 1.165) is 75.1 Å². The maximum atomic E-state index is 12.7. The van der Waals surface area contributed by atoms with E-state index in [1.165, 1.54) is 5.69 Å². The number of nitrogens with zero attached hydrogens (tertiary/aromatic N) is 5.